The predicted molar refractivity (Wildman–Crippen MR) is 37.2 cm³/mol. The van der Waals surface area contributed by atoms with Crippen molar-refractivity contribution in [3.8, 4) is 0 Å². The molecule has 80 valence electrons. The average Bonchev–Trinajstić information content (AvgIpc) is 1.43. The summed E-state index contributed by atoms with van der Waals surface area (Å²) in [5.41, 5.74) is 0. The molecule has 0 aliphatic heterocycles. The fourth-order valence-electron chi connectivity index (χ4n) is 0.378. The molecule has 0 aliphatic carbocycles. The van der Waals surface area contributed by atoms with Gasteiger partial charge in [0, 0.05) is 0 Å². The molecule has 0 rings (SSSR count). The van der Waals surface area contributed by atoms with Crippen LogP contribution in [0.3, 0.4) is 0 Å². The van der Waals surface area contributed by atoms with Crippen LogP contribution in [0, 0.1) is 0 Å². The molecule has 0 radical (unpaired) electrons. The summed E-state index contributed by atoms with van der Waals surface area (Å²) in [4.78, 5) is 66.2. The van der Waals surface area contributed by atoms with Gasteiger partial charge in [0.05, 0.1) is 0 Å². The van der Waals surface area contributed by atoms with Crippen LogP contribution in [-0.4, -0.2) is 65.5 Å². The van der Waals surface area contributed by atoms with E-state index in [1.54, 1.807) is 0 Å². The lowest BCUT2D eigenvalue weighted by Gasteiger charge is -2.22. The third-order valence-corrected chi connectivity index (χ3v) is 4.86. The smallest absolute Gasteiger partial charge is 0.368 e. The molecule has 0 saturated heterocycles. The van der Waals surface area contributed by atoms with E-state index in [0.29, 0.717) is 0 Å². The molecule has 0 fully saturated rings. The lowest BCUT2D eigenvalue weighted by atomic mass is 15.6. The maximum Gasteiger partial charge on any atom is 0.665 e. The molecular weight excluding hydrogens is 244 g/mol. The third-order valence-electron chi connectivity index (χ3n) is 0.540. The minimum Gasteiger partial charge on any atom is -0.368 e. The molecule has 0 aliphatic rings. The Morgan fingerprint density at radius 2 is 0.769 bits per heavy atom. The number of rotatable bonds is 4. The monoisotopic (exact) mass is 252 g/mol. The minimum absolute atomic E-state index is 3.39. The van der Waals surface area contributed by atoms with Crippen molar-refractivity contribution in [2.45, 2.75) is 0 Å². The Bertz CT molecular complexity index is 142. The molecule has 0 heterocycles. The molecule has 0 amide bonds. The lowest BCUT2D eigenvalue weighted by molar-refractivity contribution is 0.00900. The zero-order valence-electron chi connectivity index (χ0n) is 5.89. The largest absolute Gasteiger partial charge is 0.665 e. The van der Waals surface area contributed by atoms with Gasteiger partial charge in [0.2, 0.25) is 0 Å². The van der Waals surface area contributed by atoms with Crippen molar-refractivity contribution in [2.75, 3.05) is 0 Å². The van der Waals surface area contributed by atoms with Crippen LogP contribution in [0.5, 0.6) is 0 Å². The maximum atomic E-state index is 8.55. The van der Waals surface area contributed by atoms with Gasteiger partial charge < -0.3 is 46.6 Å². The molecule has 0 atom stereocenters. The quantitative estimate of drug-likeness (QED) is 0.224. The van der Waals surface area contributed by atoms with Gasteiger partial charge in [-0.2, -0.15) is 0 Å². The maximum absolute atomic E-state index is 8.55. The highest BCUT2D eigenvalue weighted by molar-refractivity contribution is 6.70. The lowest BCUT2D eigenvalue weighted by Crippen LogP contribution is -2.61. The zero-order valence-corrected chi connectivity index (χ0v) is 8.89. The van der Waals surface area contributed by atoms with E-state index in [0.717, 1.165) is 0 Å². The van der Waals surface area contributed by atoms with E-state index in [9.17, 15) is 0 Å². The van der Waals surface area contributed by atoms with Crippen molar-refractivity contribution in [2.24, 2.45) is 0 Å². The first kappa shape index (κ1) is 13.3. The average molecular weight is 252 g/mol. The van der Waals surface area contributed by atoms with Crippen LogP contribution < -0.4 is 0 Å². The summed E-state index contributed by atoms with van der Waals surface area (Å²) >= 11 is 0. The second-order valence-corrected chi connectivity index (χ2v) is 6.93. The fourth-order valence-corrected chi connectivity index (χ4v) is 3.77. The van der Waals surface area contributed by atoms with Crippen molar-refractivity contribution in [1.29, 1.82) is 0 Å². The van der Waals surface area contributed by atoms with Gasteiger partial charge in [0.15, 0.2) is 0 Å². The molecule has 0 aromatic heterocycles. The minimum atomic E-state index is -5.35. The Morgan fingerprint density at radius 3 is 0.923 bits per heavy atom. The molecule has 0 spiro atoms. The van der Waals surface area contributed by atoms with Crippen molar-refractivity contribution in [3.05, 3.63) is 0 Å². The Morgan fingerprint density at radius 1 is 0.538 bits per heavy atom. The Labute approximate surface area is 74.6 Å². The molecule has 0 aromatic carbocycles. The SMILES string of the molecule is O[Si](O)(O)O[Si](O)(O)O[Si](O)(O)O. The van der Waals surface area contributed by atoms with Gasteiger partial charge in [-0.15, -0.1) is 0 Å². The first-order chi connectivity index (χ1) is 5.41. The summed E-state index contributed by atoms with van der Waals surface area (Å²) in [5.74, 6) is 0. The van der Waals surface area contributed by atoms with Crippen molar-refractivity contribution in [3.63, 3.8) is 0 Å². The summed E-state index contributed by atoms with van der Waals surface area (Å²) in [6.45, 7) is 0. The van der Waals surface area contributed by atoms with E-state index in [-0.39, 0.29) is 0 Å². The van der Waals surface area contributed by atoms with Gasteiger partial charge in [-0.05, 0) is 0 Å². The van der Waals surface area contributed by atoms with Crippen LogP contribution in [0.25, 0.3) is 0 Å². The second-order valence-electron chi connectivity index (χ2n) is 1.90. The van der Waals surface area contributed by atoms with Gasteiger partial charge in [-0.3, -0.25) is 0 Å². The predicted octanol–water partition coefficient (Wildman–Crippen LogP) is -5.74. The molecule has 10 nitrogen and oxygen atoms in total. The summed E-state index contributed by atoms with van der Waals surface area (Å²) in [7, 11) is -15.9. The van der Waals surface area contributed by atoms with Crippen molar-refractivity contribution in [1.82, 2.24) is 0 Å². The zero-order chi connectivity index (χ0) is 10.9. The van der Waals surface area contributed by atoms with Crippen molar-refractivity contribution < 1.29 is 46.6 Å². The van der Waals surface area contributed by atoms with Crippen LogP contribution in [0.15, 0.2) is 0 Å². The van der Waals surface area contributed by atoms with E-state index >= 15 is 0 Å². The first-order valence-corrected chi connectivity index (χ1v) is 7.82. The Kier molecular flexibility index (Phi) is 3.85. The van der Waals surface area contributed by atoms with Crippen LogP contribution in [0.1, 0.15) is 0 Å². The van der Waals surface area contributed by atoms with E-state index in [1.165, 1.54) is 0 Å². The highest BCUT2D eigenvalue weighted by Crippen LogP contribution is 2.06. The van der Waals surface area contributed by atoms with Gasteiger partial charge >= 0.3 is 27.1 Å². The summed E-state index contributed by atoms with van der Waals surface area (Å²) in [5, 5.41) is 0. The van der Waals surface area contributed by atoms with Crippen molar-refractivity contribution >= 4 is 27.1 Å². The van der Waals surface area contributed by atoms with E-state index < -0.39 is 27.1 Å². The summed E-state index contributed by atoms with van der Waals surface area (Å²) < 4.78 is 6.78. The van der Waals surface area contributed by atoms with Crippen LogP contribution >= 0.6 is 0 Å². The first-order valence-electron chi connectivity index (χ1n) is 2.61. The molecule has 13 heteroatoms. The van der Waals surface area contributed by atoms with Crippen LogP contribution in [0.4, 0.5) is 0 Å². The molecular formula is H8O10Si3. The van der Waals surface area contributed by atoms with E-state index in [2.05, 4.69) is 8.23 Å². The topological polar surface area (TPSA) is 180 Å². The molecule has 13 heavy (non-hydrogen) atoms. The van der Waals surface area contributed by atoms with Crippen LogP contribution in [0.2, 0.25) is 0 Å². The van der Waals surface area contributed by atoms with Crippen LogP contribution in [-0.2, 0) is 8.23 Å². The van der Waals surface area contributed by atoms with Gasteiger partial charge in [0.1, 0.15) is 0 Å². The number of hydrogen-bond donors (Lipinski definition) is 8. The van der Waals surface area contributed by atoms with Gasteiger partial charge in [-0.1, -0.05) is 0 Å². The molecule has 0 aromatic rings. The molecule has 0 saturated carbocycles. The van der Waals surface area contributed by atoms with Gasteiger partial charge in [0.25, 0.3) is 0 Å². The Hall–Kier alpha value is 0.251. The summed E-state index contributed by atoms with van der Waals surface area (Å²) in [6, 6.07) is 0. The van der Waals surface area contributed by atoms with Gasteiger partial charge in [-0.25, -0.2) is 0 Å². The van der Waals surface area contributed by atoms with E-state index in [1.807, 2.05) is 0 Å². The molecule has 8 N–H and O–H groups in total. The fraction of sp³-hybridized carbons (Fsp3) is 0. The third kappa shape index (κ3) is 8.58. The standard InChI is InChI=1S/H8O10Si3/c1-11(2,3)9-13(7,8)10-12(4,5)6/h1-8H. The Balaban J connectivity index is 4.25. The molecule has 0 bridgehead atoms. The highest BCUT2D eigenvalue weighted by Gasteiger charge is 2.55. The van der Waals surface area contributed by atoms with E-state index in [4.69, 9.17) is 38.4 Å². The normalized spacial score (nSPS) is 14.8. The number of hydrogen-bond acceptors (Lipinski definition) is 10. The second kappa shape index (κ2) is 3.78. The molecule has 0 unspecified atom stereocenters. The summed E-state index contributed by atoms with van der Waals surface area (Å²) in [6.07, 6.45) is 0. The highest BCUT2D eigenvalue weighted by atomic mass is 28.5.